The summed E-state index contributed by atoms with van der Waals surface area (Å²) in [5.41, 5.74) is 6.73. The molecule has 0 radical (unpaired) electrons. The molecule has 1 aliphatic heterocycles. The topological polar surface area (TPSA) is 47.7 Å². The van der Waals surface area contributed by atoms with E-state index in [1.54, 1.807) is 0 Å². The maximum Gasteiger partial charge on any atom is 0.119 e. The van der Waals surface area contributed by atoms with Crippen LogP contribution in [0.3, 0.4) is 0 Å². The molecule has 106 valence electrons. The summed E-state index contributed by atoms with van der Waals surface area (Å²) in [5.74, 6) is 0.848. The van der Waals surface area contributed by atoms with Gasteiger partial charge in [0.15, 0.2) is 0 Å². The quantitative estimate of drug-likeness (QED) is 0.898. The molecule has 19 heavy (non-hydrogen) atoms. The SMILES string of the molecule is CCN1CCOC(COc2ccc(Br)c(CN)c2)C1. The predicted octanol–water partition coefficient (Wildman–Crippen LogP) is 2.01. The Kier molecular flexibility index (Phi) is 5.63. The molecule has 4 nitrogen and oxygen atoms in total. The van der Waals surface area contributed by atoms with Crippen molar-refractivity contribution in [3.8, 4) is 5.75 Å². The van der Waals surface area contributed by atoms with Crippen molar-refractivity contribution >= 4 is 15.9 Å². The average molecular weight is 329 g/mol. The molecule has 0 amide bonds. The van der Waals surface area contributed by atoms with Crippen molar-refractivity contribution in [3.05, 3.63) is 28.2 Å². The fraction of sp³-hybridized carbons (Fsp3) is 0.571. The monoisotopic (exact) mass is 328 g/mol. The zero-order valence-corrected chi connectivity index (χ0v) is 12.9. The zero-order valence-electron chi connectivity index (χ0n) is 11.3. The van der Waals surface area contributed by atoms with Crippen molar-refractivity contribution in [2.24, 2.45) is 5.73 Å². The smallest absolute Gasteiger partial charge is 0.119 e. The molecule has 2 N–H and O–H groups in total. The maximum absolute atomic E-state index is 5.81. The normalized spacial score (nSPS) is 20.5. The van der Waals surface area contributed by atoms with Gasteiger partial charge in [0.1, 0.15) is 18.5 Å². The van der Waals surface area contributed by atoms with Crippen molar-refractivity contribution in [1.82, 2.24) is 4.90 Å². The Bertz CT molecular complexity index is 414. The lowest BCUT2D eigenvalue weighted by Gasteiger charge is -2.31. The van der Waals surface area contributed by atoms with Crippen LogP contribution in [0.2, 0.25) is 0 Å². The highest BCUT2D eigenvalue weighted by molar-refractivity contribution is 9.10. The van der Waals surface area contributed by atoms with Crippen LogP contribution in [0, 0.1) is 0 Å². The number of morpholine rings is 1. The third-order valence-electron chi connectivity index (χ3n) is 3.34. The first kappa shape index (κ1) is 14.8. The summed E-state index contributed by atoms with van der Waals surface area (Å²) in [6.07, 6.45) is 0.152. The van der Waals surface area contributed by atoms with Crippen molar-refractivity contribution in [2.45, 2.75) is 19.6 Å². The molecule has 5 heteroatoms. The van der Waals surface area contributed by atoms with Gasteiger partial charge < -0.3 is 15.2 Å². The number of benzene rings is 1. The Morgan fingerprint density at radius 2 is 2.37 bits per heavy atom. The minimum absolute atomic E-state index is 0.152. The van der Waals surface area contributed by atoms with Crippen molar-refractivity contribution in [2.75, 3.05) is 32.8 Å². The van der Waals surface area contributed by atoms with Gasteiger partial charge in [-0.25, -0.2) is 0 Å². The lowest BCUT2D eigenvalue weighted by atomic mass is 10.2. The van der Waals surface area contributed by atoms with Crippen LogP contribution in [0.4, 0.5) is 0 Å². The van der Waals surface area contributed by atoms with E-state index < -0.39 is 0 Å². The number of hydrogen-bond donors (Lipinski definition) is 1. The van der Waals surface area contributed by atoms with E-state index in [0.29, 0.717) is 13.2 Å². The first-order chi connectivity index (χ1) is 9.22. The summed E-state index contributed by atoms with van der Waals surface area (Å²) >= 11 is 3.47. The van der Waals surface area contributed by atoms with Gasteiger partial charge in [0.25, 0.3) is 0 Å². The van der Waals surface area contributed by atoms with Crippen LogP contribution in [0.5, 0.6) is 5.75 Å². The summed E-state index contributed by atoms with van der Waals surface area (Å²) in [4.78, 5) is 2.38. The first-order valence-corrected chi connectivity index (χ1v) is 7.47. The molecule has 0 aliphatic carbocycles. The number of nitrogens with zero attached hydrogens (tertiary/aromatic N) is 1. The van der Waals surface area contributed by atoms with Crippen LogP contribution in [0.1, 0.15) is 12.5 Å². The second-order valence-corrected chi connectivity index (χ2v) is 5.51. The Labute approximate surface area is 123 Å². The first-order valence-electron chi connectivity index (χ1n) is 6.68. The summed E-state index contributed by atoms with van der Waals surface area (Å²) in [6.45, 7) is 7.07. The number of nitrogens with two attached hydrogens (primary N) is 1. The third-order valence-corrected chi connectivity index (χ3v) is 4.12. The highest BCUT2D eigenvalue weighted by Gasteiger charge is 2.19. The minimum atomic E-state index is 0.152. The predicted molar refractivity (Wildman–Crippen MR) is 79.4 cm³/mol. The van der Waals surface area contributed by atoms with Crippen LogP contribution in [0.25, 0.3) is 0 Å². The molecular formula is C14H21BrN2O2. The molecule has 0 saturated carbocycles. The van der Waals surface area contributed by atoms with Gasteiger partial charge >= 0.3 is 0 Å². The largest absolute Gasteiger partial charge is 0.491 e. The molecule has 1 aromatic carbocycles. The fourth-order valence-corrected chi connectivity index (χ4v) is 2.56. The molecule has 1 fully saturated rings. The summed E-state index contributed by atoms with van der Waals surface area (Å²) < 4.78 is 12.5. The molecule has 1 atom stereocenters. The van der Waals surface area contributed by atoms with Crippen molar-refractivity contribution in [3.63, 3.8) is 0 Å². The van der Waals surface area contributed by atoms with Crippen LogP contribution in [0.15, 0.2) is 22.7 Å². The van der Waals surface area contributed by atoms with Gasteiger partial charge in [-0.3, -0.25) is 4.90 Å². The molecular weight excluding hydrogens is 308 g/mol. The Morgan fingerprint density at radius 1 is 1.53 bits per heavy atom. The minimum Gasteiger partial charge on any atom is -0.491 e. The van der Waals surface area contributed by atoms with E-state index in [-0.39, 0.29) is 6.10 Å². The molecule has 2 rings (SSSR count). The molecule has 0 bridgehead atoms. The number of likely N-dealkylation sites (N-methyl/N-ethyl adjacent to an activating group) is 1. The van der Waals surface area contributed by atoms with E-state index in [9.17, 15) is 0 Å². The van der Waals surface area contributed by atoms with Crippen LogP contribution >= 0.6 is 15.9 Å². The molecule has 1 saturated heterocycles. The summed E-state index contributed by atoms with van der Waals surface area (Å²) in [5, 5.41) is 0. The zero-order chi connectivity index (χ0) is 13.7. The molecule has 0 aromatic heterocycles. The van der Waals surface area contributed by atoms with Crippen LogP contribution < -0.4 is 10.5 Å². The molecule has 1 heterocycles. The van der Waals surface area contributed by atoms with E-state index in [0.717, 1.165) is 42.0 Å². The van der Waals surface area contributed by atoms with Gasteiger partial charge in [0, 0.05) is 24.1 Å². The van der Waals surface area contributed by atoms with Crippen LogP contribution in [-0.2, 0) is 11.3 Å². The summed E-state index contributed by atoms with van der Waals surface area (Å²) in [7, 11) is 0. The highest BCUT2D eigenvalue weighted by Crippen LogP contribution is 2.22. The number of ether oxygens (including phenoxy) is 2. The van der Waals surface area contributed by atoms with E-state index in [1.165, 1.54) is 0 Å². The second-order valence-electron chi connectivity index (χ2n) is 4.65. The standard InChI is InChI=1S/C14H21BrN2O2/c1-2-17-5-6-18-13(9-17)10-19-12-3-4-14(15)11(7-12)8-16/h3-4,7,13H,2,5-6,8-10,16H2,1H3. The van der Waals surface area contributed by atoms with Gasteiger partial charge in [-0.2, -0.15) is 0 Å². The third kappa shape index (κ3) is 4.18. The molecule has 1 unspecified atom stereocenters. The van der Waals surface area contributed by atoms with E-state index in [1.807, 2.05) is 18.2 Å². The van der Waals surface area contributed by atoms with Gasteiger partial charge in [-0.15, -0.1) is 0 Å². The van der Waals surface area contributed by atoms with Crippen LogP contribution in [-0.4, -0.2) is 43.9 Å². The van der Waals surface area contributed by atoms with Gasteiger partial charge in [0.05, 0.1) is 6.61 Å². The fourth-order valence-electron chi connectivity index (χ4n) is 2.15. The average Bonchev–Trinajstić information content (AvgIpc) is 2.46. The summed E-state index contributed by atoms with van der Waals surface area (Å²) in [6, 6.07) is 5.89. The number of halogens is 1. The number of rotatable bonds is 5. The lowest BCUT2D eigenvalue weighted by molar-refractivity contribution is -0.0464. The highest BCUT2D eigenvalue weighted by atomic mass is 79.9. The Morgan fingerprint density at radius 3 is 3.11 bits per heavy atom. The van der Waals surface area contributed by atoms with Crippen molar-refractivity contribution in [1.29, 1.82) is 0 Å². The lowest BCUT2D eigenvalue weighted by Crippen LogP contribution is -2.44. The molecule has 1 aliphatic rings. The van der Waals surface area contributed by atoms with Gasteiger partial charge in [-0.05, 0) is 30.3 Å². The van der Waals surface area contributed by atoms with E-state index >= 15 is 0 Å². The molecule has 1 aromatic rings. The Balaban J connectivity index is 1.88. The van der Waals surface area contributed by atoms with Crippen molar-refractivity contribution < 1.29 is 9.47 Å². The Hall–Kier alpha value is -0.620. The van der Waals surface area contributed by atoms with Gasteiger partial charge in [-0.1, -0.05) is 22.9 Å². The van der Waals surface area contributed by atoms with E-state index in [4.69, 9.17) is 15.2 Å². The van der Waals surface area contributed by atoms with E-state index in [2.05, 4.69) is 27.8 Å². The molecule has 0 spiro atoms. The van der Waals surface area contributed by atoms with Gasteiger partial charge in [0.2, 0.25) is 0 Å². The second kappa shape index (κ2) is 7.24. The maximum atomic E-state index is 5.81. The number of hydrogen-bond acceptors (Lipinski definition) is 4.